The number of hydrogen-bond acceptors (Lipinski definition) is 5. The van der Waals surface area contributed by atoms with E-state index in [2.05, 4.69) is 15.5 Å². The predicted octanol–water partition coefficient (Wildman–Crippen LogP) is -0.585. The van der Waals surface area contributed by atoms with Crippen LogP contribution in [-0.2, 0) is 27.4 Å². The Kier molecular flexibility index (Phi) is 3.93. The highest BCUT2D eigenvalue weighted by Crippen LogP contribution is 2.22. The van der Waals surface area contributed by atoms with Gasteiger partial charge in [0.15, 0.2) is 5.03 Å². The van der Waals surface area contributed by atoms with E-state index in [0.717, 1.165) is 12.8 Å². The number of sulfonamides is 1. The second-order valence-electron chi connectivity index (χ2n) is 5.13. The molecule has 1 aliphatic carbocycles. The van der Waals surface area contributed by atoms with Crippen LogP contribution in [0.4, 0.5) is 0 Å². The zero-order valence-electron chi connectivity index (χ0n) is 11.0. The Bertz CT molecular complexity index is 599. The molecule has 0 radical (unpaired) electrons. The van der Waals surface area contributed by atoms with E-state index in [9.17, 15) is 12.6 Å². The van der Waals surface area contributed by atoms with Crippen molar-refractivity contribution >= 4 is 20.8 Å². The quantitative estimate of drug-likeness (QED) is 0.757. The molecular formula is C11H18N4O3S2. The van der Waals surface area contributed by atoms with Crippen LogP contribution < -0.4 is 5.32 Å². The van der Waals surface area contributed by atoms with Gasteiger partial charge in [0.05, 0.1) is 6.20 Å². The van der Waals surface area contributed by atoms with Crippen LogP contribution in [0.3, 0.4) is 0 Å². The second kappa shape index (κ2) is 5.55. The Morgan fingerprint density at radius 1 is 1.40 bits per heavy atom. The summed E-state index contributed by atoms with van der Waals surface area (Å²) in [6.07, 6.45) is 3.86. The molecule has 20 heavy (non-hydrogen) atoms. The van der Waals surface area contributed by atoms with Gasteiger partial charge in [-0.05, 0) is 12.8 Å². The lowest BCUT2D eigenvalue weighted by Crippen LogP contribution is -2.42. The Balaban J connectivity index is 1.76. The summed E-state index contributed by atoms with van der Waals surface area (Å²) in [5.74, 6) is 0.812. The Labute approximate surface area is 120 Å². The molecule has 7 nitrogen and oxygen atoms in total. The van der Waals surface area contributed by atoms with Crippen LogP contribution in [0.2, 0.25) is 0 Å². The lowest BCUT2D eigenvalue weighted by molar-refractivity contribution is 0.435. The average molecular weight is 318 g/mol. The van der Waals surface area contributed by atoms with Crippen LogP contribution in [-0.4, -0.2) is 57.8 Å². The van der Waals surface area contributed by atoms with E-state index in [4.69, 9.17) is 0 Å². The van der Waals surface area contributed by atoms with Crippen LogP contribution in [0.15, 0.2) is 11.2 Å². The van der Waals surface area contributed by atoms with Gasteiger partial charge in [0.2, 0.25) is 0 Å². The van der Waals surface area contributed by atoms with Gasteiger partial charge < -0.3 is 5.32 Å². The molecule has 0 spiro atoms. The third-order valence-corrected chi connectivity index (χ3v) is 6.76. The molecule has 0 amide bonds. The van der Waals surface area contributed by atoms with E-state index in [1.807, 2.05) is 0 Å². The molecule has 0 bridgehead atoms. The first-order chi connectivity index (χ1) is 9.57. The summed E-state index contributed by atoms with van der Waals surface area (Å²) >= 11 is 0. The Hall–Kier alpha value is -0.770. The highest BCUT2D eigenvalue weighted by atomic mass is 32.2. The summed E-state index contributed by atoms with van der Waals surface area (Å²) < 4.78 is 37.9. The molecule has 112 valence electrons. The van der Waals surface area contributed by atoms with Gasteiger partial charge in [0, 0.05) is 53.5 Å². The van der Waals surface area contributed by atoms with Crippen molar-refractivity contribution in [3.8, 4) is 0 Å². The monoisotopic (exact) mass is 318 g/mol. The predicted molar refractivity (Wildman–Crippen MR) is 75.1 cm³/mol. The van der Waals surface area contributed by atoms with E-state index < -0.39 is 20.8 Å². The van der Waals surface area contributed by atoms with E-state index in [-0.39, 0.29) is 5.03 Å². The van der Waals surface area contributed by atoms with Crippen LogP contribution in [0.25, 0.3) is 0 Å². The molecule has 1 saturated carbocycles. The lowest BCUT2D eigenvalue weighted by Gasteiger charge is -2.25. The van der Waals surface area contributed by atoms with E-state index in [1.165, 1.54) is 4.31 Å². The summed E-state index contributed by atoms with van der Waals surface area (Å²) in [6, 6.07) is 0.512. The fourth-order valence-corrected chi connectivity index (χ4v) is 5.01. The van der Waals surface area contributed by atoms with Crippen molar-refractivity contribution in [1.82, 2.24) is 19.8 Å². The zero-order valence-corrected chi connectivity index (χ0v) is 12.7. The smallest absolute Gasteiger partial charge is 0.260 e. The van der Waals surface area contributed by atoms with Crippen molar-refractivity contribution in [3.05, 3.63) is 11.8 Å². The largest absolute Gasteiger partial charge is 0.310 e. The number of H-pyrrole nitrogens is 1. The molecule has 9 heteroatoms. The van der Waals surface area contributed by atoms with Crippen molar-refractivity contribution in [1.29, 1.82) is 0 Å². The molecule has 0 aromatic carbocycles. The highest BCUT2D eigenvalue weighted by Gasteiger charge is 2.31. The van der Waals surface area contributed by atoms with Gasteiger partial charge in [-0.1, -0.05) is 0 Å². The maximum Gasteiger partial charge on any atom is 0.260 e. The molecule has 1 saturated heterocycles. The minimum atomic E-state index is -3.56. The van der Waals surface area contributed by atoms with E-state index >= 15 is 0 Å². The molecule has 0 unspecified atom stereocenters. The molecule has 2 heterocycles. The molecule has 2 aliphatic rings. The first-order valence-electron chi connectivity index (χ1n) is 6.68. The maximum absolute atomic E-state index is 12.6. The summed E-state index contributed by atoms with van der Waals surface area (Å²) in [4.78, 5) is 0. The molecule has 3 rings (SSSR count). The van der Waals surface area contributed by atoms with Crippen LogP contribution in [0.1, 0.15) is 18.4 Å². The van der Waals surface area contributed by atoms with Gasteiger partial charge >= 0.3 is 0 Å². The molecule has 1 aromatic heterocycles. The Morgan fingerprint density at radius 2 is 2.10 bits per heavy atom. The van der Waals surface area contributed by atoms with Crippen LogP contribution in [0, 0.1) is 0 Å². The van der Waals surface area contributed by atoms with E-state index in [0.29, 0.717) is 42.7 Å². The summed E-state index contributed by atoms with van der Waals surface area (Å²) in [7, 11) is -4.45. The molecule has 2 fully saturated rings. The number of nitrogens with zero attached hydrogens (tertiary/aromatic N) is 2. The second-order valence-corrected chi connectivity index (χ2v) is 8.70. The third-order valence-electron chi connectivity index (χ3n) is 3.57. The molecule has 0 atom stereocenters. The Morgan fingerprint density at radius 3 is 2.75 bits per heavy atom. The summed E-state index contributed by atoms with van der Waals surface area (Å²) in [5.41, 5.74) is 0.670. The van der Waals surface area contributed by atoms with Gasteiger partial charge in [-0.3, -0.25) is 9.31 Å². The first-order valence-corrected chi connectivity index (χ1v) is 9.61. The number of nitrogens with one attached hydrogen (secondary N) is 2. The van der Waals surface area contributed by atoms with Crippen molar-refractivity contribution in [2.45, 2.75) is 30.5 Å². The maximum atomic E-state index is 12.6. The minimum Gasteiger partial charge on any atom is -0.310 e. The van der Waals surface area contributed by atoms with Crippen molar-refractivity contribution in [2.24, 2.45) is 0 Å². The number of aromatic amines is 1. The third kappa shape index (κ3) is 2.95. The van der Waals surface area contributed by atoms with Gasteiger partial charge in [0.1, 0.15) is 0 Å². The van der Waals surface area contributed by atoms with Crippen LogP contribution >= 0.6 is 0 Å². The fraction of sp³-hybridized carbons (Fsp3) is 0.727. The SMILES string of the molecule is O=S1CCN(S(=O)(=O)c2[nH]ncc2CNC2CC2)CC1. The topological polar surface area (TPSA) is 95.2 Å². The molecule has 2 N–H and O–H groups in total. The number of rotatable bonds is 5. The van der Waals surface area contributed by atoms with Crippen molar-refractivity contribution < 1.29 is 12.6 Å². The minimum absolute atomic E-state index is 0.165. The van der Waals surface area contributed by atoms with E-state index in [1.54, 1.807) is 6.20 Å². The van der Waals surface area contributed by atoms with Gasteiger partial charge in [-0.25, -0.2) is 8.42 Å². The highest BCUT2D eigenvalue weighted by molar-refractivity contribution is 7.89. The van der Waals surface area contributed by atoms with Gasteiger partial charge in [0.25, 0.3) is 10.0 Å². The summed E-state index contributed by atoms with van der Waals surface area (Å²) in [5, 5.41) is 9.92. The van der Waals surface area contributed by atoms with Crippen LogP contribution in [0.5, 0.6) is 0 Å². The molecular weight excluding hydrogens is 300 g/mol. The van der Waals surface area contributed by atoms with Gasteiger partial charge in [-0.15, -0.1) is 0 Å². The standard InChI is InChI=1S/C11H18N4O3S2/c16-19-5-3-15(4-6-19)20(17,18)11-9(8-13-14-11)7-12-10-1-2-10/h8,10,12H,1-7H2,(H,13,14). The fourth-order valence-electron chi connectivity index (χ4n) is 2.18. The number of aromatic nitrogens is 2. The summed E-state index contributed by atoms with van der Waals surface area (Å²) in [6.45, 7) is 1.13. The number of hydrogen-bond donors (Lipinski definition) is 2. The zero-order chi connectivity index (χ0) is 14.2. The first kappa shape index (κ1) is 14.2. The average Bonchev–Trinajstić information content (AvgIpc) is 3.13. The lowest BCUT2D eigenvalue weighted by atomic mass is 10.3. The van der Waals surface area contributed by atoms with Crippen molar-refractivity contribution in [2.75, 3.05) is 24.6 Å². The molecule has 1 aliphatic heterocycles. The van der Waals surface area contributed by atoms with Gasteiger partial charge in [-0.2, -0.15) is 9.40 Å². The normalized spacial score (nSPS) is 22.2. The molecule has 1 aromatic rings. The van der Waals surface area contributed by atoms with Crippen molar-refractivity contribution in [3.63, 3.8) is 0 Å².